The number of amides is 1. The van der Waals surface area contributed by atoms with Crippen molar-refractivity contribution in [3.8, 4) is 11.5 Å². The van der Waals surface area contributed by atoms with E-state index >= 15 is 0 Å². The van der Waals surface area contributed by atoms with Crippen LogP contribution in [0.15, 0.2) is 39.9 Å². The van der Waals surface area contributed by atoms with Gasteiger partial charge in [-0.3, -0.25) is 4.79 Å². The van der Waals surface area contributed by atoms with Crippen LogP contribution in [-0.2, 0) is 11.2 Å². The topological polar surface area (TPSA) is 59.9 Å². The largest absolute Gasteiger partial charge is 0.490 e. The van der Waals surface area contributed by atoms with Gasteiger partial charge >= 0.3 is 0 Å². The molecule has 2 aromatic carbocycles. The Kier molecular flexibility index (Phi) is 7.85. The number of carbonyl (C=O) groups excluding carboxylic acids is 1. The van der Waals surface area contributed by atoms with Gasteiger partial charge in [-0.05, 0) is 72.4 Å². The van der Waals surface area contributed by atoms with Gasteiger partial charge in [-0.1, -0.05) is 23.8 Å². The maximum absolute atomic E-state index is 12.1. The van der Waals surface area contributed by atoms with Crippen molar-refractivity contribution < 1.29 is 14.3 Å². The van der Waals surface area contributed by atoms with Gasteiger partial charge in [0.2, 0.25) is 5.91 Å². The molecule has 0 heterocycles. The molecular weight excluding hydrogens is 408 g/mol. The van der Waals surface area contributed by atoms with E-state index in [0.29, 0.717) is 31.1 Å². The second-order valence-corrected chi connectivity index (χ2v) is 6.95. The summed E-state index contributed by atoms with van der Waals surface area (Å²) in [5.41, 5.74) is 6.65. The number of nitrogens with zero attached hydrogens (tertiary/aromatic N) is 1. The van der Waals surface area contributed by atoms with Gasteiger partial charge in [0.05, 0.1) is 30.3 Å². The van der Waals surface area contributed by atoms with Crippen molar-refractivity contribution in [2.24, 2.45) is 5.10 Å². The first-order valence-electron chi connectivity index (χ1n) is 8.91. The molecule has 0 aliphatic rings. The molecule has 0 atom stereocenters. The lowest BCUT2D eigenvalue weighted by Crippen LogP contribution is -2.20. The first-order chi connectivity index (χ1) is 12.9. The normalized spacial score (nSPS) is 10.9. The molecule has 0 fully saturated rings. The summed E-state index contributed by atoms with van der Waals surface area (Å²) in [6.07, 6.45) is 1.88. The summed E-state index contributed by atoms with van der Waals surface area (Å²) < 4.78 is 12.0. The Balaban J connectivity index is 2.05. The maximum Gasteiger partial charge on any atom is 0.244 e. The predicted molar refractivity (Wildman–Crippen MR) is 112 cm³/mol. The molecule has 2 aromatic rings. The number of hydrogen-bond acceptors (Lipinski definition) is 4. The van der Waals surface area contributed by atoms with Crippen molar-refractivity contribution >= 4 is 28.1 Å². The zero-order valence-corrected chi connectivity index (χ0v) is 17.7. The number of hydrogen-bond donors (Lipinski definition) is 1. The Labute approximate surface area is 168 Å². The van der Waals surface area contributed by atoms with E-state index in [4.69, 9.17) is 9.47 Å². The van der Waals surface area contributed by atoms with E-state index in [-0.39, 0.29) is 5.91 Å². The average Bonchev–Trinajstić information content (AvgIpc) is 2.61. The van der Waals surface area contributed by atoms with Gasteiger partial charge in [0.1, 0.15) is 0 Å². The van der Waals surface area contributed by atoms with E-state index in [1.165, 1.54) is 5.56 Å². The summed E-state index contributed by atoms with van der Waals surface area (Å²) >= 11 is 3.49. The van der Waals surface area contributed by atoms with Crippen molar-refractivity contribution in [1.29, 1.82) is 0 Å². The predicted octanol–water partition coefficient (Wildman–Crippen LogP) is 4.56. The highest BCUT2D eigenvalue weighted by Gasteiger charge is 2.11. The third kappa shape index (κ3) is 6.10. The van der Waals surface area contributed by atoms with E-state index in [1.807, 2.05) is 52.0 Å². The van der Waals surface area contributed by atoms with Gasteiger partial charge in [0.25, 0.3) is 0 Å². The quantitative estimate of drug-likeness (QED) is 0.491. The molecule has 0 radical (unpaired) electrons. The van der Waals surface area contributed by atoms with E-state index in [1.54, 1.807) is 6.21 Å². The molecule has 1 N–H and O–H groups in total. The lowest BCUT2D eigenvalue weighted by Gasteiger charge is -2.13. The van der Waals surface area contributed by atoms with Crippen LogP contribution < -0.4 is 14.9 Å². The number of rotatable bonds is 8. The number of aryl methyl sites for hydroxylation is 2. The SMILES string of the molecule is CCOc1cc(/C=N/NC(=O)Cc2ccc(C)cc2C)cc(Br)c1OCC. The summed E-state index contributed by atoms with van der Waals surface area (Å²) in [5.74, 6) is 1.14. The van der Waals surface area contributed by atoms with Crippen molar-refractivity contribution in [2.75, 3.05) is 13.2 Å². The summed E-state index contributed by atoms with van der Waals surface area (Å²) in [4.78, 5) is 12.1. The van der Waals surface area contributed by atoms with Gasteiger partial charge in [0, 0.05) is 0 Å². The van der Waals surface area contributed by atoms with Gasteiger partial charge in [-0.25, -0.2) is 5.43 Å². The molecule has 0 spiro atoms. The summed E-state index contributed by atoms with van der Waals surface area (Å²) in [5, 5.41) is 4.06. The number of benzene rings is 2. The van der Waals surface area contributed by atoms with E-state index < -0.39 is 0 Å². The molecule has 144 valence electrons. The lowest BCUT2D eigenvalue weighted by molar-refractivity contribution is -0.120. The molecule has 0 unspecified atom stereocenters. The minimum atomic E-state index is -0.159. The first-order valence-corrected chi connectivity index (χ1v) is 9.71. The highest BCUT2D eigenvalue weighted by Crippen LogP contribution is 2.36. The lowest BCUT2D eigenvalue weighted by atomic mass is 10.0. The Morgan fingerprint density at radius 3 is 2.56 bits per heavy atom. The fourth-order valence-corrected chi connectivity index (χ4v) is 3.22. The zero-order valence-electron chi connectivity index (χ0n) is 16.1. The number of halogens is 1. The number of hydrazone groups is 1. The molecular formula is C21H25BrN2O3. The summed E-state index contributed by atoms with van der Waals surface area (Å²) in [6.45, 7) is 8.94. The van der Waals surface area contributed by atoms with E-state index in [0.717, 1.165) is 21.2 Å². The molecule has 5 nitrogen and oxygen atoms in total. The van der Waals surface area contributed by atoms with Crippen LogP contribution in [0.3, 0.4) is 0 Å². The molecule has 0 aliphatic heterocycles. The van der Waals surface area contributed by atoms with Gasteiger partial charge in [-0.15, -0.1) is 0 Å². The van der Waals surface area contributed by atoms with Crippen molar-refractivity contribution in [1.82, 2.24) is 5.43 Å². The number of ether oxygens (including phenoxy) is 2. The van der Waals surface area contributed by atoms with Crippen molar-refractivity contribution in [3.63, 3.8) is 0 Å². The third-order valence-corrected chi connectivity index (χ3v) is 4.46. The average molecular weight is 433 g/mol. The van der Waals surface area contributed by atoms with Crippen LogP contribution in [-0.4, -0.2) is 25.3 Å². The molecule has 27 heavy (non-hydrogen) atoms. The van der Waals surface area contributed by atoms with Crippen LogP contribution in [0.5, 0.6) is 11.5 Å². The van der Waals surface area contributed by atoms with Gasteiger partial charge in [0.15, 0.2) is 11.5 Å². The second kappa shape index (κ2) is 10.1. The Morgan fingerprint density at radius 2 is 1.89 bits per heavy atom. The van der Waals surface area contributed by atoms with Crippen molar-refractivity contribution in [2.45, 2.75) is 34.1 Å². The summed E-state index contributed by atoms with van der Waals surface area (Å²) in [7, 11) is 0. The van der Waals surface area contributed by atoms with Gasteiger partial charge < -0.3 is 9.47 Å². The highest BCUT2D eigenvalue weighted by molar-refractivity contribution is 9.10. The van der Waals surface area contributed by atoms with Gasteiger partial charge in [-0.2, -0.15) is 5.10 Å². The molecule has 0 saturated carbocycles. The monoisotopic (exact) mass is 432 g/mol. The van der Waals surface area contributed by atoms with Crippen LogP contribution in [0.25, 0.3) is 0 Å². The Bertz CT molecular complexity index is 834. The number of nitrogens with one attached hydrogen (secondary N) is 1. The minimum Gasteiger partial charge on any atom is -0.490 e. The van der Waals surface area contributed by atoms with Crippen LogP contribution in [0, 0.1) is 13.8 Å². The van der Waals surface area contributed by atoms with Crippen molar-refractivity contribution in [3.05, 3.63) is 57.1 Å². The minimum absolute atomic E-state index is 0.159. The molecule has 2 rings (SSSR count). The summed E-state index contributed by atoms with van der Waals surface area (Å²) in [6, 6.07) is 9.75. The van der Waals surface area contributed by atoms with E-state index in [9.17, 15) is 4.79 Å². The fourth-order valence-electron chi connectivity index (χ4n) is 2.65. The maximum atomic E-state index is 12.1. The van der Waals surface area contributed by atoms with Crippen LogP contribution in [0.1, 0.15) is 36.1 Å². The standard InChI is InChI=1S/C21H25BrN2O3/c1-5-26-19-11-16(10-18(22)21(19)27-6-2)13-23-24-20(25)12-17-8-7-14(3)9-15(17)4/h7-11,13H,5-6,12H2,1-4H3,(H,24,25)/b23-13+. The molecule has 0 aromatic heterocycles. The molecule has 0 bridgehead atoms. The highest BCUT2D eigenvalue weighted by atomic mass is 79.9. The molecule has 0 aliphatic carbocycles. The smallest absolute Gasteiger partial charge is 0.244 e. The molecule has 6 heteroatoms. The van der Waals surface area contributed by atoms with Crippen LogP contribution in [0.2, 0.25) is 0 Å². The molecule has 1 amide bonds. The van der Waals surface area contributed by atoms with Crippen LogP contribution in [0.4, 0.5) is 0 Å². The zero-order chi connectivity index (χ0) is 19.8. The first kappa shape index (κ1) is 21.0. The fraction of sp³-hybridized carbons (Fsp3) is 0.333. The Hall–Kier alpha value is -2.34. The Morgan fingerprint density at radius 1 is 1.15 bits per heavy atom. The number of carbonyl (C=O) groups is 1. The second-order valence-electron chi connectivity index (χ2n) is 6.10. The van der Waals surface area contributed by atoms with E-state index in [2.05, 4.69) is 32.5 Å². The third-order valence-electron chi connectivity index (χ3n) is 3.87. The molecule has 0 saturated heterocycles. The van der Waals surface area contributed by atoms with Crippen LogP contribution >= 0.6 is 15.9 Å².